The Morgan fingerprint density at radius 2 is 1.21 bits per heavy atom. The van der Waals surface area contributed by atoms with Gasteiger partial charge in [-0.2, -0.15) is 10.7 Å². The van der Waals surface area contributed by atoms with E-state index < -0.39 is 11.4 Å². The standard InChI is InChI=1S/C30H32N2O6/c1-35-25-14-8-22(9-15-25)29(34)38-32-28(33)7-5-4-6-20-30(21-31,23-10-16-26(36-2)17-11-23)24-12-18-27(37-3)19-13-24/h8-19H,4-7,20H2,1-3H3,(H,32,33). The number of amides is 1. The molecule has 8 nitrogen and oxygen atoms in total. The zero-order valence-corrected chi connectivity index (χ0v) is 21.9. The Balaban J connectivity index is 1.56. The number of unbranched alkanes of at least 4 members (excludes halogenated alkanes) is 2. The summed E-state index contributed by atoms with van der Waals surface area (Å²) in [5.41, 5.74) is 3.38. The highest BCUT2D eigenvalue weighted by molar-refractivity contribution is 5.90. The lowest BCUT2D eigenvalue weighted by Gasteiger charge is -2.28. The summed E-state index contributed by atoms with van der Waals surface area (Å²) in [7, 11) is 4.74. The number of nitrogens with zero attached hydrogens (tertiary/aromatic N) is 1. The van der Waals surface area contributed by atoms with Gasteiger partial charge in [0.25, 0.3) is 5.91 Å². The predicted octanol–water partition coefficient (Wildman–Crippen LogP) is 5.36. The van der Waals surface area contributed by atoms with Gasteiger partial charge in [0.05, 0.1) is 33.0 Å². The molecule has 0 fully saturated rings. The van der Waals surface area contributed by atoms with E-state index in [4.69, 9.17) is 19.0 Å². The lowest BCUT2D eigenvalue weighted by molar-refractivity contribution is -0.130. The van der Waals surface area contributed by atoms with Crippen LogP contribution in [0.5, 0.6) is 17.2 Å². The fourth-order valence-electron chi connectivity index (χ4n) is 4.18. The number of benzene rings is 3. The lowest BCUT2D eigenvalue weighted by Crippen LogP contribution is -2.27. The number of nitriles is 1. The van der Waals surface area contributed by atoms with Crippen molar-refractivity contribution >= 4 is 11.9 Å². The second-order valence-electron chi connectivity index (χ2n) is 8.68. The SMILES string of the molecule is COc1ccc(C(=O)ONC(=O)CCCCCC(C#N)(c2ccc(OC)cc2)c2ccc(OC)cc2)cc1. The minimum atomic E-state index is -0.866. The van der Waals surface area contributed by atoms with E-state index in [1.54, 1.807) is 38.5 Å². The Morgan fingerprint density at radius 3 is 1.66 bits per heavy atom. The maximum Gasteiger partial charge on any atom is 0.362 e. The number of hydrogen-bond acceptors (Lipinski definition) is 7. The lowest BCUT2D eigenvalue weighted by atomic mass is 9.72. The Labute approximate surface area is 223 Å². The van der Waals surface area contributed by atoms with Gasteiger partial charge in [0, 0.05) is 6.42 Å². The molecule has 0 spiro atoms. The van der Waals surface area contributed by atoms with Crippen molar-refractivity contribution in [3.63, 3.8) is 0 Å². The number of carbonyl (C=O) groups excluding carboxylic acids is 2. The van der Waals surface area contributed by atoms with Gasteiger partial charge in [-0.3, -0.25) is 4.79 Å². The van der Waals surface area contributed by atoms with Gasteiger partial charge in [-0.25, -0.2) is 4.79 Å². The van der Waals surface area contributed by atoms with Crippen molar-refractivity contribution in [2.45, 2.75) is 37.5 Å². The molecule has 0 aliphatic rings. The first kappa shape index (κ1) is 28.1. The molecule has 198 valence electrons. The number of rotatable bonds is 12. The molecule has 1 amide bonds. The first-order chi connectivity index (χ1) is 18.4. The maximum absolute atomic E-state index is 12.2. The van der Waals surface area contributed by atoms with Crippen LogP contribution in [0.3, 0.4) is 0 Å². The third kappa shape index (κ3) is 7.04. The Hall–Kier alpha value is -4.51. The molecule has 1 N–H and O–H groups in total. The van der Waals surface area contributed by atoms with Crippen molar-refractivity contribution in [3.05, 3.63) is 89.5 Å². The number of methoxy groups -OCH3 is 3. The summed E-state index contributed by atoms with van der Waals surface area (Å²) in [4.78, 5) is 29.2. The van der Waals surface area contributed by atoms with Crippen LogP contribution in [-0.2, 0) is 15.0 Å². The fourth-order valence-corrected chi connectivity index (χ4v) is 4.18. The molecule has 3 aromatic rings. The summed E-state index contributed by atoms with van der Waals surface area (Å²) in [6.07, 6.45) is 2.77. The highest BCUT2D eigenvalue weighted by Gasteiger charge is 2.34. The molecule has 0 aliphatic carbocycles. The van der Waals surface area contributed by atoms with Crippen molar-refractivity contribution in [1.29, 1.82) is 5.26 Å². The van der Waals surface area contributed by atoms with Crippen molar-refractivity contribution in [3.8, 4) is 23.3 Å². The topological polar surface area (TPSA) is 107 Å². The summed E-state index contributed by atoms with van der Waals surface area (Å²) in [6, 6.07) is 24.0. The summed E-state index contributed by atoms with van der Waals surface area (Å²) in [6.45, 7) is 0. The van der Waals surface area contributed by atoms with Gasteiger partial charge < -0.3 is 19.0 Å². The molecule has 0 radical (unpaired) electrons. The average molecular weight is 517 g/mol. The summed E-state index contributed by atoms with van der Waals surface area (Å²) in [5.74, 6) is 1.01. The molecular weight excluding hydrogens is 484 g/mol. The van der Waals surface area contributed by atoms with Gasteiger partial charge in [0.15, 0.2) is 0 Å². The molecule has 0 aromatic heterocycles. The second-order valence-corrected chi connectivity index (χ2v) is 8.68. The van der Waals surface area contributed by atoms with E-state index in [1.807, 2.05) is 48.5 Å². The fraction of sp³-hybridized carbons (Fsp3) is 0.300. The van der Waals surface area contributed by atoms with Crippen molar-refractivity contribution < 1.29 is 28.6 Å². The van der Waals surface area contributed by atoms with Crippen LogP contribution in [-0.4, -0.2) is 33.2 Å². The number of nitrogens with one attached hydrogen (secondary N) is 1. The van der Waals surface area contributed by atoms with Crippen molar-refractivity contribution in [2.75, 3.05) is 21.3 Å². The molecule has 0 saturated heterocycles. The second kappa shape index (κ2) is 13.7. The summed E-state index contributed by atoms with van der Waals surface area (Å²) in [5, 5.41) is 10.4. The van der Waals surface area contributed by atoms with E-state index >= 15 is 0 Å². The third-order valence-corrected chi connectivity index (χ3v) is 6.40. The molecule has 0 atom stereocenters. The third-order valence-electron chi connectivity index (χ3n) is 6.40. The quantitative estimate of drug-likeness (QED) is 0.255. The monoisotopic (exact) mass is 516 g/mol. The molecule has 0 heterocycles. The van der Waals surface area contributed by atoms with Crippen LogP contribution >= 0.6 is 0 Å². The Kier molecular flexibility index (Phi) is 10.1. The van der Waals surface area contributed by atoms with E-state index in [0.717, 1.165) is 17.5 Å². The van der Waals surface area contributed by atoms with Gasteiger partial charge in [-0.1, -0.05) is 37.1 Å². The van der Waals surface area contributed by atoms with E-state index in [2.05, 4.69) is 11.5 Å². The van der Waals surface area contributed by atoms with Crippen LogP contribution in [0.15, 0.2) is 72.8 Å². The molecular formula is C30H32N2O6. The maximum atomic E-state index is 12.2. The van der Waals surface area contributed by atoms with Crippen molar-refractivity contribution in [2.24, 2.45) is 0 Å². The molecule has 38 heavy (non-hydrogen) atoms. The van der Waals surface area contributed by atoms with Crippen LogP contribution < -0.4 is 19.7 Å². The first-order valence-electron chi connectivity index (χ1n) is 12.3. The van der Waals surface area contributed by atoms with E-state index in [0.29, 0.717) is 42.1 Å². The highest BCUT2D eigenvalue weighted by atomic mass is 16.7. The molecule has 3 aromatic carbocycles. The van der Waals surface area contributed by atoms with Crippen LogP contribution in [0.2, 0.25) is 0 Å². The molecule has 0 aliphatic heterocycles. The zero-order chi connectivity index (χ0) is 27.4. The molecule has 0 unspecified atom stereocenters. The van der Waals surface area contributed by atoms with Crippen LogP contribution in [0.25, 0.3) is 0 Å². The molecule has 0 bridgehead atoms. The predicted molar refractivity (Wildman–Crippen MR) is 142 cm³/mol. The number of hydroxylamine groups is 1. The van der Waals surface area contributed by atoms with Gasteiger partial charge in [-0.15, -0.1) is 0 Å². The van der Waals surface area contributed by atoms with E-state index in [9.17, 15) is 14.9 Å². The largest absolute Gasteiger partial charge is 0.497 e. The smallest absolute Gasteiger partial charge is 0.362 e. The van der Waals surface area contributed by atoms with Crippen molar-refractivity contribution in [1.82, 2.24) is 5.48 Å². The van der Waals surface area contributed by atoms with E-state index in [1.165, 1.54) is 7.11 Å². The number of hydrogen-bond donors (Lipinski definition) is 1. The minimum absolute atomic E-state index is 0.195. The first-order valence-corrected chi connectivity index (χ1v) is 12.3. The summed E-state index contributed by atoms with van der Waals surface area (Å²) >= 11 is 0. The van der Waals surface area contributed by atoms with E-state index in [-0.39, 0.29) is 12.3 Å². The van der Waals surface area contributed by atoms with Crippen LogP contribution in [0.4, 0.5) is 0 Å². The van der Waals surface area contributed by atoms with Crippen LogP contribution in [0.1, 0.15) is 53.6 Å². The van der Waals surface area contributed by atoms with Gasteiger partial charge in [0.2, 0.25) is 0 Å². The van der Waals surface area contributed by atoms with Crippen LogP contribution in [0, 0.1) is 11.3 Å². The van der Waals surface area contributed by atoms with Gasteiger partial charge in [-0.05, 0) is 72.5 Å². The normalized spacial score (nSPS) is 10.7. The zero-order valence-electron chi connectivity index (χ0n) is 21.9. The molecule has 0 saturated carbocycles. The average Bonchev–Trinajstić information content (AvgIpc) is 2.98. The highest BCUT2D eigenvalue weighted by Crippen LogP contribution is 2.38. The Morgan fingerprint density at radius 1 is 0.737 bits per heavy atom. The summed E-state index contributed by atoms with van der Waals surface area (Å²) < 4.78 is 15.6. The van der Waals surface area contributed by atoms with Gasteiger partial charge in [0.1, 0.15) is 22.7 Å². The molecule has 8 heteroatoms. The number of carbonyl (C=O) groups is 2. The Bertz CT molecular complexity index is 1180. The minimum Gasteiger partial charge on any atom is -0.497 e. The van der Waals surface area contributed by atoms with Gasteiger partial charge >= 0.3 is 5.97 Å². The molecule has 3 rings (SSSR count). The number of ether oxygens (including phenoxy) is 3.